The number of benzene rings is 2. The zero-order valence-electron chi connectivity index (χ0n) is 12.1. The molecule has 0 saturated carbocycles. The van der Waals surface area contributed by atoms with Gasteiger partial charge in [0.25, 0.3) is 5.91 Å². The fourth-order valence-electron chi connectivity index (χ4n) is 2.54. The van der Waals surface area contributed by atoms with Gasteiger partial charge in [0.2, 0.25) is 5.91 Å². The monoisotopic (exact) mass is 358 g/mol. The molecule has 112 valence electrons. The van der Waals surface area contributed by atoms with Gasteiger partial charge in [-0.25, -0.2) is 0 Å². The lowest BCUT2D eigenvalue weighted by molar-refractivity contribution is -0.118. The zero-order valence-corrected chi connectivity index (χ0v) is 13.7. The Kier molecular flexibility index (Phi) is 3.98. The average molecular weight is 359 g/mol. The van der Waals surface area contributed by atoms with Crippen molar-refractivity contribution in [2.75, 3.05) is 17.3 Å². The van der Waals surface area contributed by atoms with Crippen molar-refractivity contribution < 1.29 is 9.59 Å². The van der Waals surface area contributed by atoms with Gasteiger partial charge in [-0.1, -0.05) is 15.9 Å². The van der Waals surface area contributed by atoms with Crippen LogP contribution in [-0.4, -0.2) is 18.9 Å². The second-order valence-corrected chi connectivity index (χ2v) is 6.17. The maximum atomic E-state index is 12.2. The van der Waals surface area contributed by atoms with Crippen molar-refractivity contribution in [3.63, 3.8) is 0 Å². The maximum Gasteiger partial charge on any atom is 0.255 e. The van der Waals surface area contributed by atoms with E-state index in [0.29, 0.717) is 18.4 Å². The molecule has 0 aliphatic carbocycles. The van der Waals surface area contributed by atoms with Gasteiger partial charge in [-0.2, -0.15) is 0 Å². The summed E-state index contributed by atoms with van der Waals surface area (Å²) in [5.74, 6) is -0.0214. The molecule has 5 heteroatoms. The summed E-state index contributed by atoms with van der Waals surface area (Å²) in [6.07, 6.45) is 1.22. The molecule has 1 heterocycles. The van der Waals surface area contributed by atoms with Gasteiger partial charge in [0.15, 0.2) is 0 Å². The highest BCUT2D eigenvalue weighted by Gasteiger charge is 2.21. The Balaban J connectivity index is 1.80. The Hall–Kier alpha value is -2.14. The van der Waals surface area contributed by atoms with Crippen molar-refractivity contribution in [3.05, 3.63) is 58.1 Å². The SMILES string of the molecule is CN1C(=O)CCc2cc(NC(=O)c3ccc(Br)cc3)ccc21. The summed E-state index contributed by atoms with van der Waals surface area (Å²) < 4.78 is 0.936. The molecule has 4 nitrogen and oxygen atoms in total. The number of fused-ring (bicyclic) bond motifs is 1. The molecule has 2 aromatic carbocycles. The van der Waals surface area contributed by atoms with E-state index in [0.717, 1.165) is 21.4 Å². The molecule has 2 aromatic rings. The normalized spacial score (nSPS) is 13.7. The molecule has 22 heavy (non-hydrogen) atoms. The molecule has 0 fully saturated rings. The molecule has 1 N–H and O–H groups in total. The van der Waals surface area contributed by atoms with Crippen molar-refractivity contribution in [1.29, 1.82) is 0 Å². The van der Waals surface area contributed by atoms with E-state index in [1.54, 1.807) is 24.1 Å². The van der Waals surface area contributed by atoms with Gasteiger partial charge in [-0.15, -0.1) is 0 Å². The molecule has 1 aliphatic heterocycles. The van der Waals surface area contributed by atoms with Crippen molar-refractivity contribution in [2.45, 2.75) is 12.8 Å². The second kappa shape index (κ2) is 5.93. The van der Waals surface area contributed by atoms with Gasteiger partial charge < -0.3 is 10.2 Å². The number of nitrogens with zero attached hydrogens (tertiary/aromatic N) is 1. The Morgan fingerprint density at radius 3 is 2.59 bits per heavy atom. The number of hydrogen-bond donors (Lipinski definition) is 1. The Morgan fingerprint density at radius 1 is 1.14 bits per heavy atom. The molecule has 3 rings (SSSR count). The minimum absolute atomic E-state index is 0.124. The average Bonchev–Trinajstić information content (AvgIpc) is 2.51. The number of carbonyl (C=O) groups excluding carboxylic acids is 2. The molecular formula is C17H15BrN2O2. The van der Waals surface area contributed by atoms with E-state index in [9.17, 15) is 9.59 Å². The van der Waals surface area contributed by atoms with Crippen LogP contribution in [0.5, 0.6) is 0 Å². The van der Waals surface area contributed by atoms with E-state index >= 15 is 0 Å². The van der Waals surface area contributed by atoms with Crippen LogP contribution < -0.4 is 10.2 Å². The van der Waals surface area contributed by atoms with Gasteiger partial charge in [0, 0.05) is 34.9 Å². The molecule has 2 amide bonds. The van der Waals surface area contributed by atoms with E-state index in [-0.39, 0.29) is 11.8 Å². The molecule has 0 atom stereocenters. The van der Waals surface area contributed by atoms with E-state index in [2.05, 4.69) is 21.2 Å². The number of halogens is 1. The first-order valence-corrected chi connectivity index (χ1v) is 7.80. The van der Waals surface area contributed by atoms with Crippen LogP contribution >= 0.6 is 15.9 Å². The molecular weight excluding hydrogens is 344 g/mol. The lowest BCUT2D eigenvalue weighted by Crippen LogP contribution is -2.31. The topological polar surface area (TPSA) is 49.4 Å². The summed E-state index contributed by atoms with van der Waals surface area (Å²) >= 11 is 3.35. The van der Waals surface area contributed by atoms with Crippen LogP contribution in [0.25, 0.3) is 0 Å². The van der Waals surface area contributed by atoms with Crippen LogP contribution in [0.1, 0.15) is 22.3 Å². The lowest BCUT2D eigenvalue weighted by atomic mass is 10.0. The first-order chi connectivity index (χ1) is 10.5. The smallest absolute Gasteiger partial charge is 0.255 e. The molecule has 0 aromatic heterocycles. The fourth-order valence-corrected chi connectivity index (χ4v) is 2.80. The molecule has 0 saturated heterocycles. The van der Waals surface area contributed by atoms with Crippen molar-refractivity contribution >= 4 is 39.1 Å². The summed E-state index contributed by atoms with van der Waals surface area (Å²) in [7, 11) is 1.78. The van der Waals surface area contributed by atoms with Gasteiger partial charge in [0.05, 0.1) is 0 Å². The number of rotatable bonds is 2. The Morgan fingerprint density at radius 2 is 1.86 bits per heavy atom. The predicted molar refractivity (Wildman–Crippen MR) is 90.3 cm³/mol. The number of hydrogen-bond acceptors (Lipinski definition) is 2. The molecule has 0 bridgehead atoms. The fraction of sp³-hybridized carbons (Fsp3) is 0.176. The summed E-state index contributed by atoms with van der Waals surface area (Å²) in [5, 5.41) is 2.90. The number of nitrogens with one attached hydrogen (secondary N) is 1. The highest BCUT2D eigenvalue weighted by molar-refractivity contribution is 9.10. The van der Waals surface area contributed by atoms with Crippen LogP contribution in [0.15, 0.2) is 46.9 Å². The standard InChI is InChI=1S/C17H15BrN2O2/c1-20-15-8-7-14(10-12(15)4-9-16(20)21)19-17(22)11-2-5-13(18)6-3-11/h2-3,5-8,10H,4,9H2,1H3,(H,19,22). The van der Waals surface area contributed by atoms with Crippen LogP contribution in [0.4, 0.5) is 11.4 Å². The van der Waals surface area contributed by atoms with Crippen LogP contribution in [0.3, 0.4) is 0 Å². The summed E-state index contributed by atoms with van der Waals surface area (Å²) in [4.78, 5) is 25.6. The Labute approximate surface area is 137 Å². The van der Waals surface area contributed by atoms with Gasteiger partial charge in [-0.3, -0.25) is 9.59 Å². The maximum absolute atomic E-state index is 12.2. The minimum Gasteiger partial charge on any atom is -0.322 e. The molecule has 0 radical (unpaired) electrons. The zero-order chi connectivity index (χ0) is 15.7. The largest absolute Gasteiger partial charge is 0.322 e. The van der Waals surface area contributed by atoms with Crippen LogP contribution in [0.2, 0.25) is 0 Å². The molecule has 0 spiro atoms. The van der Waals surface area contributed by atoms with Crippen molar-refractivity contribution in [3.8, 4) is 0 Å². The molecule has 1 aliphatic rings. The quantitative estimate of drug-likeness (QED) is 0.891. The lowest BCUT2D eigenvalue weighted by Gasteiger charge is -2.26. The van der Waals surface area contributed by atoms with E-state index < -0.39 is 0 Å². The number of carbonyl (C=O) groups is 2. The third-order valence-electron chi connectivity index (χ3n) is 3.79. The minimum atomic E-state index is -0.146. The van der Waals surface area contributed by atoms with Gasteiger partial charge in [0.1, 0.15) is 0 Å². The summed E-state index contributed by atoms with van der Waals surface area (Å²) in [6, 6.07) is 12.8. The van der Waals surface area contributed by atoms with Crippen molar-refractivity contribution in [2.24, 2.45) is 0 Å². The highest BCUT2D eigenvalue weighted by Crippen LogP contribution is 2.29. The third kappa shape index (κ3) is 2.90. The second-order valence-electron chi connectivity index (χ2n) is 5.26. The third-order valence-corrected chi connectivity index (χ3v) is 4.32. The number of amides is 2. The number of aryl methyl sites for hydroxylation is 1. The summed E-state index contributed by atoms with van der Waals surface area (Å²) in [5.41, 5.74) is 3.34. The first-order valence-electron chi connectivity index (χ1n) is 7.01. The Bertz CT molecular complexity index is 741. The van der Waals surface area contributed by atoms with E-state index in [4.69, 9.17) is 0 Å². The van der Waals surface area contributed by atoms with E-state index in [1.807, 2.05) is 30.3 Å². The van der Waals surface area contributed by atoms with Crippen LogP contribution in [-0.2, 0) is 11.2 Å². The van der Waals surface area contributed by atoms with Crippen LogP contribution in [0, 0.1) is 0 Å². The number of anilines is 2. The van der Waals surface area contributed by atoms with Crippen molar-refractivity contribution in [1.82, 2.24) is 0 Å². The predicted octanol–water partition coefficient (Wildman–Crippen LogP) is 3.61. The van der Waals surface area contributed by atoms with E-state index in [1.165, 1.54) is 0 Å². The van der Waals surface area contributed by atoms with Gasteiger partial charge in [-0.05, 0) is 54.4 Å². The highest BCUT2D eigenvalue weighted by atomic mass is 79.9. The molecule has 0 unspecified atom stereocenters. The van der Waals surface area contributed by atoms with Gasteiger partial charge >= 0.3 is 0 Å². The summed E-state index contributed by atoms with van der Waals surface area (Å²) in [6.45, 7) is 0. The first kappa shape index (κ1) is 14.8.